The van der Waals surface area contributed by atoms with Crippen molar-refractivity contribution in [2.24, 2.45) is 0 Å². The molecule has 0 spiro atoms. The molecule has 0 saturated carbocycles. The van der Waals surface area contributed by atoms with E-state index in [1.165, 1.54) is 55.5 Å². The molecular formula is C22H17FN2O3. The van der Waals surface area contributed by atoms with Crippen LogP contribution in [-0.4, -0.2) is 17.6 Å². The Balaban J connectivity index is 1.67. The predicted octanol–water partition coefficient (Wildman–Crippen LogP) is 4.53. The van der Waals surface area contributed by atoms with Gasteiger partial charge in [-0.1, -0.05) is 12.1 Å². The second-order valence-corrected chi connectivity index (χ2v) is 6.13. The summed E-state index contributed by atoms with van der Waals surface area (Å²) in [4.78, 5) is 36.0. The number of hydrogen-bond donors (Lipinski definition) is 2. The zero-order chi connectivity index (χ0) is 20.1. The highest BCUT2D eigenvalue weighted by Crippen LogP contribution is 2.15. The second kappa shape index (κ2) is 8.26. The number of rotatable bonds is 5. The highest BCUT2D eigenvalue weighted by molar-refractivity contribution is 6.07. The van der Waals surface area contributed by atoms with Crippen molar-refractivity contribution in [2.75, 3.05) is 10.6 Å². The van der Waals surface area contributed by atoms with Crippen molar-refractivity contribution in [3.8, 4) is 0 Å². The summed E-state index contributed by atoms with van der Waals surface area (Å²) in [6, 6.07) is 18.2. The minimum absolute atomic E-state index is 0.0902. The Hall–Kier alpha value is -3.80. The number of benzene rings is 3. The van der Waals surface area contributed by atoms with Crippen LogP contribution >= 0.6 is 0 Å². The fourth-order valence-corrected chi connectivity index (χ4v) is 2.53. The third-order valence-corrected chi connectivity index (χ3v) is 4.04. The summed E-state index contributed by atoms with van der Waals surface area (Å²) < 4.78 is 12.9. The number of amides is 2. The van der Waals surface area contributed by atoms with Crippen LogP contribution in [0.25, 0.3) is 0 Å². The highest BCUT2D eigenvalue weighted by atomic mass is 19.1. The quantitative estimate of drug-likeness (QED) is 0.642. The van der Waals surface area contributed by atoms with Gasteiger partial charge in [-0.05, 0) is 67.6 Å². The van der Waals surface area contributed by atoms with Crippen LogP contribution in [0.4, 0.5) is 15.8 Å². The molecule has 2 N–H and O–H groups in total. The SMILES string of the molecule is CC(=O)c1cccc(NC(=O)c2ccc(C(=O)Nc3ccc(F)cc3)cc2)c1. The average molecular weight is 376 g/mol. The number of ketones is 1. The van der Waals surface area contributed by atoms with E-state index in [0.29, 0.717) is 28.1 Å². The first-order valence-electron chi connectivity index (χ1n) is 8.52. The van der Waals surface area contributed by atoms with Gasteiger partial charge in [0.2, 0.25) is 0 Å². The van der Waals surface area contributed by atoms with Gasteiger partial charge in [0, 0.05) is 28.1 Å². The fraction of sp³-hybridized carbons (Fsp3) is 0.0455. The largest absolute Gasteiger partial charge is 0.322 e. The zero-order valence-corrected chi connectivity index (χ0v) is 15.0. The summed E-state index contributed by atoms with van der Waals surface area (Å²) in [7, 11) is 0. The number of carbonyl (C=O) groups is 3. The molecular weight excluding hydrogens is 359 g/mol. The molecule has 5 nitrogen and oxygen atoms in total. The molecule has 3 rings (SSSR count). The van der Waals surface area contributed by atoms with E-state index < -0.39 is 0 Å². The van der Waals surface area contributed by atoms with E-state index in [1.807, 2.05) is 0 Å². The normalized spacial score (nSPS) is 10.2. The maximum Gasteiger partial charge on any atom is 0.255 e. The van der Waals surface area contributed by atoms with E-state index in [9.17, 15) is 18.8 Å². The van der Waals surface area contributed by atoms with Gasteiger partial charge < -0.3 is 10.6 Å². The lowest BCUT2D eigenvalue weighted by molar-refractivity contribution is 0.101. The van der Waals surface area contributed by atoms with Gasteiger partial charge in [0.1, 0.15) is 5.82 Å². The summed E-state index contributed by atoms with van der Waals surface area (Å²) >= 11 is 0. The lowest BCUT2D eigenvalue weighted by Gasteiger charge is -2.08. The molecule has 28 heavy (non-hydrogen) atoms. The molecule has 0 aliphatic carbocycles. The molecule has 0 unspecified atom stereocenters. The van der Waals surface area contributed by atoms with Crippen LogP contribution in [0.1, 0.15) is 38.0 Å². The Labute approximate surface area is 161 Å². The molecule has 0 bridgehead atoms. The summed E-state index contributed by atoms with van der Waals surface area (Å²) in [5, 5.41) is 5.37. The van der Waals surface area contributed by atoms with Crippen molar-refractivity contribution in [3.63, 3.8) is 0 Å². The topological polar surface area (TPSA) is 75.3 Å². The van der Waals surface area contributed by atoms with E-state index in [-0.39, 0.29) is 23.4 Å². The van der Waals surface area contributed by atoms with Gasteiger partial charge in [-0.15, -0.1) is 0 Å². The molecule has 0 saturated heterocycles. The molecule has 0 aliphatic heterocycles. The van der Waals surface area contributed by atoms with Crippen molar-refractivity contribution >= 4 is 29.0 Å². The Kier molecular flexibility index (Phi) is 5.60. The van der Waals surface area contributed by atoms with Gasteiger partial charge in [-0.2, -0.15) is 0 Å². The first-order chi connectivity index (χ1) is 13.4. The molecule has 140 valence electrons. The third-order valence-electron chi connectivity index (χ3n) is 4.04. The van der Waals surface area contributed by atoms with Gasteiger partial charge in [-0.25, -0.2) is 4.39 Å². The van der Waals surface area contributed by atoms with Crippen LogP contribution < -0.4 is 10.6 Å². The summed E-state index contributed by atoms with van der Waals surface area (Å²) in [6.45, 7) is 1.46. The highest BCUT2D eigenvalue weighted by Gasteiger charge is 2.10. The zero-order valence-electron chi connectivity index (χ0n) is 15.0. The first-order valence-corrected chi connectivity index (χ1v) is 8.52. The van der Waals surface area contributed by atoms with Crippen LogP contribution in [0.15, 0.2) is 72.8 Å². The Morgan fingerprint density at radius 3 is 1.75 bits per heavy atom. The molecule has 0 atom stereocenters. The average Bonchev–Trinajstić information content (AvgIpc) is 2.70. The van der Waals surface area contributed by atoms with Gasteiger partial charge in [-0.3, -0.25) is 14.4 Å². The number of halogens is 1. The Morgan fingerprint density at radius 1 is 0.679 bits per heavy atom. The van der Waals surface area contributed by atoms with E-state index >= 15 is 0 Å². The van der Waals surface area contributed by atoms with E-state index in [0.717, 1.165) is 0 Å². The Morgan fingerprint density at radius 2 is 1.21 bits per heavy atom. The minimum atomic E-state index is -0.387. The number of carbonyl (C=O) groups excluding carboxylic acids is 3. The first kappa shape index (κ1) is 19.0. The lowest BCUT2D eigenvalue weighted by atomic mass is 10.1. The van der Waals surface area contributed by atoms with Crippen molar-refractivity contribution in [2.45, 2.75) is 6.92 Å². The summed E-state index contributed by atoms with van der Waals surface area (Å²) in [5.41, 5.74) is 2.21. The summed E-state index contributed by atoms with van der Waals surface area (Å²) in [5.74, 6) is -1.20. The molecule has 0 aromatic heterocycles. The maximum absolute atomic E-state index is 12.9. The van der Waals surface area contributed by atoms with Gasteiger partial charge in [0.25, 0.3) is 11.8 Å². The van der Waals surface area contributed by atoms with Gasteiger partial charge >= 0.3 is 0 Å². The standard InChI is InChI=1S/C22H17FN2O3/c1-14(26)17-3-2-4-20(13-17)25-22(28)16-7-5-15(6-8-16)21(27)24-19-11-9-18(23)10-12-19/h2-13H,1H3,(H,24,27)(H,25,28). The fourth-order valence-electron chi connectivity index (χ4n) is 2.53. The molecule has 0 aliphatic rings. The number of nitrogens with one attached hydrogen (secondary N) is 2. The predicted molar refractivity (Wildman–Crippen MR) is 105 cm³/mol. The smallest absolute Gasteiger partial charge is 0.255 e. The van der Waals surface area contributed by atoms with Crippen LogP contribution in [0, 0.1) is 5.82 Å². The van der Waals surface area contributed by atoms with Crippen LogP contribution in [0.5, 0.6) is 0 Å². The third kappa shape index (κ3) is 4.67. The van der Waals surface area contributed by atoms with Crippen LogP contribution in [0.3, 0.4) is 0 Å². The Bertz CT molecular complexity index is 1030. The lowest BCUT2D eigenvalue weighted by Crippen LogP contribution is -2.14. The van der Waals surface area contributed by atoms with Crippen molar-refractivity contribution in [1.82, 2.24) is 0 Å². The van der Waals surface area contributed by atoms with E-state index in [4.69, 9.17) is 0 Å². The molecule has 0 radical (unpaired) electrons. The molecule has 6 heteroatoms. The number of Topliss-reactive ketones (excluding diaryl/α,β-unsaturated/α-hetero) is 1. The number of anilines is 2. The van der Waals surface area contributed by atoms with Crippen molar-refractivity contribution < 1.29 is 18.8 Å². The number of hydrogen-bond acceptors (Lipinski definition) is 3. The van der Waals surface area contributed by atoms with Gasteiger partial charge in [0.15, 0.2) is 5.78 Å². The van der Waals surface area contributed by atoms with Crippen molar-refractivity contribution in [3.05, 3.63) is 95.3 Å². The van der Waals surface area contributed by atoms with E-state index in [2.05, 4.69) is 10.6 Å². The molecule has 0 heterocycles. The van der Waals surface area contributed by atoms with Crippen molar-refractivity contribution in [1.29, 1.82) is 0 Å². The molecule has 0 fully saturated rings. The van der Waals surface area contributed by atoms with E-state index in [1.54, 1.807) is 24.3 Å². The summed E-state index contributed by atoms with van der Waals surface area (Å²) in [6.07, 6.45) is 0. The molecule has 2 amide bonds. The van der Waals surface area contributed by atoms with Crippen LogP contribution in [-0.2, 0) is 0 Å². The van der Waals surface area contributed by atoms with Crippen LogP contribution in [0.2, 0.25) is 0 Å². The molecule has 3 aromatic rings. The minimum Gasteiger partial charge on any atom is -0.322 e. The molecule has 3 aromatic carbocycles. The maximum atomic E-state index is 12.9. The monoisotopic (exact) mass is 376 g/mol. The second-order valence-electron chi connectivity index (χ2n) is 6.13. The van der Waals surface area contributed by atoms with Gasteiger partial charge in [0.05, 0.1) is 0 Å².